The molecule has 1 amide bonds. The molecule has 8 heteroatoms. The van der Waals surface area contributed by atoms with E-state index in [0.29, 0.717) is 12.2 Å². The maximum absolute atomic E-state index is 11.3. The molecule has 0 fully saturated rings. The van der Waals surface area contributed by atoms with Gasteiger partial charge in [0.2, 0.25) is 5.91 Å². The normalized spacial score (nSPS) is 13.3. The van der Waals surface area contributed by atoms with E-state index >= 15 is 0 Å². The van der Waals surface area contributed by atoms with Gasteiger partial charge in [-0.1, -0.05) is 0 Å². The minimum Gasteiger partial charge on any atom is -0.493 e. The Morgan fingerprint density at radius 3 is 2.67 bits per heavy atom. The molecule has 0 bridgehead atoms. The van der Waals surface area contributed by atoms with Crippen molar-refractivity contribution in [1.82, 2.24) is 5.32 Å². The van der Waals surface area contributed by atoms with Crippen LogP contribution in [-0.2, 0) is 4.79 Å². The third-order valence-corrected chi connectivity index (χ3v) is 3.31. The highest BCUT2D eigenvalue weighted by Gasteiger charge is 2.28. The summed E-state index contributed by atoms with van der Waals surface area (Å²) in [7, 11) is 2.98. The van der Waals surface area contributed by atoms with Crippen LogP contribution >= 0.6 is 0 Å². The number of amides is 1. The summed E-state index contributed by atoms with van der Waals surface area (Å²) in [6.45, 7) is 1.85. The van der Waals surface area contributed by atoms with E-state index in [0.717, 1.165) is 0 Å². The first-order valence-corrected chi connectivity index (χ1v) is 6.28. The molecule has 3 N–H and O–H groups in total. The third kappa shape index (κ3) is 4.06. The number of nitrogens with one attached hydrogen (secondary N) is 1. The summed E-state index contributed by atoms with van der Waals surface area (Å²) in [4.78, 5) is 21.7. The molecule has 0 radical (unpaired) electrons. The molecule has 0 aromatic heterocycles. The van der Waals surface area contributed by atoms with Crippen molar-refractivity contribution in [2.75, 3.05) is 20.8 Å². The highest BCUT2D eigenvalue weighted by Crippen LogP contribution is 2.30. The lowest BCUT2D eigenvalue weighted by atomic mass is 9.98. The van der Waals surface area contributed by atoms with E-state index in [2.05, 4.69) is 5.32 Å². The quantitative estimate of drug-likeness (QED) is 0.542. The van der Waals surface area contributed by atoms with Gasteiger partial charge in [0.05, 0.1) is 30.2 Å². The Labute approximate surface area is 122 Å². The zero-order valence-corrected chi connectivity index (χ0v) is 12.2. The Balaban J connectivity index is 2.75. The van der Waals surface area contributed by atoms with Gasteiger partial charge in [0.1, 0.15) is 5.75 Å². The van der Waals surface area contributed by atoms with Crippen LogP contribution in [0.3, 0.4) is 0 Å². The van der Waals surface area contributed by atoms with Gasteiger partial charge in [-0.05, 0) is 26.1 Å². The molecule has 1 aromatic rings. The molecular formula is C13H19N3O5. The van der Waals surface area contributed by atoms with Gasteiger partial charge in [-0.3, -0.25) is 14.9 Å². The highest BCUT2D eigenvalue weighted by atomic mass is 16.6. The van der Waals surface area contributed by atoms with Gasteiger partial charge in [0.25, 0.3) is 0 Å². The van der Waals surface area contributed by atoms with Gasteiger partial charge >= 0.3 is 5.69 Å². The summed E-state index contributed by atoms with van der Waals surface area (Å²) in [5, 5.41) is 13.7. The van der Waals surface area contributed by atoms with Crippen LogP contribution in [0.4, 0.5) is 5.69 Å². The van der Waals surface area contributed by atoms with Gasteiger partial charge in [-0.2, -0.15) is 0 Å². The molecule has 0 aliphatic heterocycles. The van der Waals surface area contributed by atoms with Crippen LogP contribution in [0.5, 0.6) is 11.5 Å². The van der Waals surface area contributed by atoms with E-state index in [-0.39, 0.29) is 18.0 Å². The lowest BCUT2D eigenvalue weighted by molar-refractivity contribution is -0.385. The first-order valence-electron chi connectivity index (χ1n) is 6.28. The molecule has 1 unspecified atom stereocenters. The van der Waals surface area contributed by atoms with E-state index in [1.165, 1.54) is 19.2 Å². The second kappa shape index (κ2) is 6.89. The number of benzene rings is 1. The molecule has 0 saturated carbocycles. The van der Waals surface area contributed by atoms with Gasteiger partial charge < -0.3 is 20.5 Å². The average molecular weight is 297 g/mol. The van der Waals surface area contributed by atoms with Gasteiger partial charge in [0, 0.05) is 6.42 Å². The number of nitro groups is 1. The van der Waals surface area contributed by atoms with Crippen LogP contribution in [0.15, 0.2) is 18.2 Å². The topological polar surface area (TPSA) is 117 Å². The number of hydrogen-bond acceptors (Lipinski definition) is 6. The minimum absolute atomic E-state index is 0.157. The van der Waals surface area contributed by atoms with Crippen molar-refractivity contribution in [3.05, 3.63) is 28.3 Å². The number of hydrogen-bond donors (Lipinski definition) is 2. The van der Waals surface area contributed by atoms with E-state index in [1.54, 1.807) is 20.0 Å². The summed E-state index contributed by atoms with van der Waals surface area (Å²) in [5.74, 6) is -0.00992. The number of rotatable bonds is 8. The molecule has 1 rings (SSSR count). The number of nitrogens with zero attached hydrogens (tertiary/aromatic N) is 1. The smallest absolute Gasteiger partial charge is 0.314 e. The molecule has 0 saturated heterocycles. The number of carbonyl (C=O) groups is 1. The number of likely N-dealkylation sites (N-methyl/N-ethyl adjacent to an activating group) is 1. The Hall–Kier alpha value is -2.35. The highest BCUT2D eigenvalue weighted by molar-refractivity contribution is 5.84. The molecule has 0 aliphatic carbocycles. The summed E-state index contributed by atoms with van der Waals surface area (Å²) >= 11 is 0. The van der Waals surface area contributed by atoms with Gasteiger partial charge in [-0.15, -0.1) is 0 Å². The van der Waals surface area contributed by atoms with Crippen molar-refractivity contribution >= 4 is 11.6 Å². The molecule has 21 heavy (non-hydrogen) atoms. The summed E-state index contributed by atoms with van der Waals surface area (Å²) < 4.78 is 10.3. The number of primary amides is 1. The maximum atomic E-state index is 11.3. The lowest BCUT2D eigenvalue weighted by Gasteiger charge is -2.25. The molecule has 0 spiro atoms. The van der Waals surface area contributed by atoms with Crippen molar-refractivity contribution in [1.29, 1.82) is 0 Å². The number of methoxy groups -OCH3 is 1. The number of carbonyl (C=O) groups excluding carboxylic acids is 1. The molecule has 1 aromatic carbocycles. The number of nitrogens with two attached hydrogens (primary N) is 1. The third-order valence-electron chi connectivity index (χ3n) is 3.31. The van der Waals surface area contributed by atoms with Crippen molar-refractivity contribution in [3.8, 4) is 11.5 Å². The van der Waals surface area contributed by atoms with E-state index in [9.17, 15) is 14.9 Å². The Bertz CT molecular complexity index is 535. The van der Waals surface area contributed by atoms with E-state index in [1.807, 2.05) is 0 Å². The van der Waals surface area contributed by atoms with Crippen molar-refractivity contribution in [3.63, 3.8) is 0 Å². The Kier molecular flexibility index (Phi) is 5.48. The predicted octanol–water partition coefficient (Wildman–Crippen LogP) is 0.836. The minimum atomic E-state index is -0.890. The maximum Gasteiger partial charge on any atom is 0.314 e. The fourth-order valence-electron chi connectivity index (χ4n) is 1.65. The standard InChI is InChI=1S/C13H19N3O5/c1-13(15-2,12(14)17)6-7-21-9-4-5-11(20-3)10(8-9)16(18)19/h4-5,8,15H,6-7H2,1-3H3,(H2,14,17). The van der Waals surface area contributed by atoms with Crippen LogP contribution in [0, 0.1) is 10.1 Å². The zero-order valence-electron chi connectivity index (χ0n) is 12.2. The summed E-state index contributed by atoms with van der Waals surface area (Å²) in [6, 6.07) is 4.30. The Morgan fingerprint density at radius 2 is 2.19 bits per heavy atom. The number of nitro benzene ring substituents is 1. The Morgan fingerprint density at radius 1 is 1.52 bits per heavy atom. The van der Waals surface area contributed by atoms with Gasteiger partial charge in [-0.25, -0.2) is 0 Å². The second-order valence-corrected chi connectivity index (χ2v) is 4.64. The summed E-state index contributed by atoms with van der Waals surface area (Å²) in [6.07, 6.45) is 0.332. The molecule has 0 heterocycles. The fourth-order valence-corrected chi connectivity index (χ4v) is 1.65. The molecule has 0 aliphatic rings. The monoisotopic (exact) mass is 297 g/mol. The van der Waals surface area contributed by atoms with E-state index in [4.69, 9.17) is 15.2 Å². The second-order valence-electron chi connectivity index (χ2n) is 4.64. The predicted molar refractivity (Wildman–Crippen MR) is 76.4 cm³/mol. The van der Waals surface area contributed by atoms with E-state index < -0.39 is 16.4 Å². The first kappa shape index (κ1) is 16.7. The molecule has 116 valence electrons. The molecule has 8 nitrogen and oxygen atoms in total. The van der Waals surface area contributed by atoms with Crippen LogP contribution in [0.2, 0.25) is 0 Å². The lowest BCUT2D eigenvalue weighted by Crippen LogP contribution is -2.52. The first-order chi connectivity index (χ1) is 9.84. The van der Waals surface area contributed by atoms with Crippen LogP contribution in [0.25, 0.3) is 0 Å². The molecule has 1 atom stereocenters. The average Bonchev–Trinajstić information content (AvgIpc) is 2.46. The van der Waals surface area contributed by atoms with Crippen LogP contribution in [0.1, 0.15) is 13.3 Å². The largest absolute Gasteiger partial charge is 0.493 e. The fraction of sp³-hybridized carbons (Fsp3) is 0.462. The van der Waals surface area contributed by atoms with Crippen molar-refractivity contribution in [2.24, 2.45) is 5.73 Å². The van der Waals surface area contributed by atoms with Gasteiger partial charge in [0.15, 0.2) is 5.75 Å². The molecular weight excluding hydrogens is 278 g/mol. The van der Waals surface area contributed by atoms with Crippen molar-refractivity contribution in [2.45, 2.75) is 18.9 Å². The SMILES string of the molecule is CNC(C)(CCOc1ccc(OC)c([N+](=O)[O-])c1)C(N)=O. The summed E-state index contributed by atoms with van der Waals surface area (Å²) in [5.41, 5.74) is 4.23. The van der Waals surface area contributed by atoms with Crippen molar-refractivity contribution < 1.29 is 19.2 Å². The van der Waals surface area contributed by atoms with Crippen LogP contribution < -0.4 is 20.5 Å². The zero-order chi connectivity index (χ0) is 16.0. The van der Waals surface area contributed by atoms with Crippen LogP contribution in [-0.4, -0.2) is 37.1 Å². The number of ether oxygens (including phenoxy) is 2.